The fraction of sp³-hybridized carbons (Fsp3) is 0.389. The Hall–Kier alpha value is -2.63. The zero-order valence-corrected chi connectivity index (χ0v) is 14.5. The van der Waals surface area contributed by atoms with Crippen LogP contribution in [0.4, 0.5) is 0 Å². The third kappa shape index (κ3) is 4.01. The second-order valence-corrected chi connectivity index (χ2v) is 5.60. The monoisotopic (exact) mass is 329 g/mol. The van der Waals surface area contributed by atoms with Crippen molar-refractivity contribution in [1.29, 1.82) is 0 Å². The molecule has 1 amide bonds. The van der Waals surface area contributed by atoms with E-state index >= 15 is 0 Å². The van der Waals surface area contributed by atoms with Gasteiger partial charge in [-0.25, -0.2) is 4.68 Å². The van der Waals surface area contributed by atoms with Crippen LogP contribution in [-0.4, -0.2) is 34.3 Å². The number of likely N-dealkylation sites (N-methyl/N-ethyl adjacent to an activating group) is 1. The van der Waals surface area contributed by atoms with E-state index in [0.717, 1.165) is 22.6 Å². The van der Waals surface area contributed by atoms with Crippen molar-refractivity contribution in [1.82, 2.24) is 15.1 Å². The van der Waals surface area contributed by atoms with E-state index in [1.807, 2.05) is 55.8 Å². The third-order valence-corrected chi connectivity index (χ3v) is 3.79. The Labute approximate surface area is 141 Å². The first-order valence-corrected chi connectivity index (χ1v) is 8.01. The number of benzene rings is 1. The topological polar surface area (TPSA) is 73.2 Å². The summed E-state index contributed by atoms with van der Waals surface area (Å²) in [5, 5.41) is 7.14. The van der Waals surface area contributed by atoms with Gasteiger partial charge < -0.3 is 10.1 Å². The van der Waals surface area contributed by atoms with Crippen molar-refractivity contribution in [3.63, 3.8) is 0 Å². The molecule has 0 aliphatic rings. The number of para-hydroxylation sites is 1. The van der Waals surface area contributed by atoms with E-state index in [4.69, 9.17) is 4.74 Å². The molecular formula is C18H23N3O3. The lowest BCUT2D eigenvalue weighted by Gasteiger charge is -2.12. The molecule has 24 heavy (non-hydrogen) atoms. The molecule has 1 atom stereocenters. The highest BCUT2D eigenvalue weighted by Gasteiger charge is 2.20. The average molecular weight is 329 g/mol. The number of carbonyl (C=O) groups excluding carboxylic acids is 2. The predicted molar refractivity (Wildman–Crippen MR) is 91.0 cm³/mol. The Morgan fingerprint density at radius 1 is 1.25 bits per heavy atom. The summed E-state index contributed by atoms with van der Waals surface area (Å²) in [6.07, 6.45) is -0.712. The number of esters is 1. The van der Waals surface area contributed by atoms with Crippen LogP contribution in [0.2, 0.25) is 0 Å². The Morgan fingerprint density at radius 3 is 2.54 bits per heavy atom. The molecule has 2 aromatic rings. The van der Waals surface area contributed by atoms with Crippen molar-refractivity contribution < 1.29 is 14.3 Å². The van der Waals surface area contributed by atoms with E-state index in [9.17, 15) is 9.59 Å². The lowest BCUT2D eigenvalue weighted by Crippen LogP contribution is -2.35. The minimum atomic E-state index is -0.803. The zero-order chi connectivity index (χ0) is 17.7. The van der Waals surface area contributed by atoms with Gasteiger partial charge in [-0.3, -0.25) is 9.59 Å². The molecule has 0 saturated carbocycles. The Balaban J connectivity index is 2.12. The van der Waals surface area contributed by atoms with Gasteiger partial charge in [0.05, 0.1) is 17.8 Å². The van der Waals surface area contributed by atoms with Gasteiger partial charge in [-0.15, -0.1) is 0 Å². The van der Waals surface area contributed by atoms with Gasteiger partial charge in [-0.1, -0.05) is 18.2 Å². The van der Waals surface area contributed by atoms with E-state index in [-0.39, 0.29) is 12.3 Å². The molecule has 1 aromatic carbocycles. The maximum absolute atomic E-state index is 12.1. The summed E-state index contributed by atoms with van der Waals surface area (Å²) in [7, 11) is 0. The Bertz CT molecular complexity index is 723. The standard InChI is InChI=1S/C18H23N3O3/c1-5-19-18(23)14(4)24-17(22)11-16-12(2)20-21(13(16)3)15-9-7-6-8-10-15/h6-10,14H,5,11H2,1-4H3,(H,19,23)/t14-/m0/s1. The second-order valence-electron chi connectivity index (χ2n) is 5.60. The number of hydrogen-bond donors (Lipinski definition) is 1. The minimum absolute atomic E-state index is 0.0915. The molecule has 1 aromatic heterocycles. The number of carbonyl (C=O) groups is 2. The molecular weight excluding hydrogens is 306 g/mol. The van der Waals surface area contributed by atoms with E-state index in [2.05, 4.69) is 10.4 Å². The van der Waals surface area contributed by atoms with E-state index in [1.165, 1.54) is 0 Å². The quantitative estimate of drug-likeness (QED) is 0.824. The highest BCUT2D eigenvalue weighted by Crippen LogP contribution is 2.18. The summed E-state index contributed by atoms with van der Waals surface area (Å²) >= 11 is 0. The molecule has 0 radical (unpaired) electrons. The van der Waals surface area contributed by atoms with Crippen molar-refractivity contribution in [3.05, 3.63) is 47.3 Å². The molecule has 0 aliphatic heterocycles. The zero-order valence-electron chi connectivity index (χ0n) is 14.5. The number of nitrogens with zero attached hydrogens (tertiary/aromatic N) is 2. The molecule has 0 fully saturated rings. The van der Waals surface area contributed by atoms with Crippen LogP contribution < -0.4 is 5.32 Å². The first kappa shape index (κ1) is 17.7. The number of rotatable bonds is 6. The summed E-state index contributed by atoms with van der Waals surface area (Å²) in [6, 6.07) is 9.73. The van der Waals surface area contributed by atoms with Crippen molar-refractivity contribution >= 4 is 11.9 Å². The van der Waals surface area contributed by atoms with Crippen molar-refractivity contribution in [2.24, 2.45) is 0 Å². The molecule has 128 valence electrons. The summed E-state index contributed by atoms with van der Waals surface area (Å²) in [6.45, 7) is 7.67. The van der Waals surface area contributed by atoms with Gasteiger partial charge >= 0.3 is 5.97 Å². The Morgan fingerprint density at radius 2 is 1.92 bits per heavy atom. The molecule has 0 bridgehead atoms. The molecule has 2 rings (SSSR count). The van der Waals surface area contributed by atoms with E-state index < -0.39 is 12.1 Å². The number of aromatic nitrogens is 2. The van der Waals surface area contributed by atoms with E-state index in [0.29, 0.717) is 6.54 Å². The summed E-state index contributed by atoms with van der Waals surface area (Å²) in [5.41, 5.74) is 3.43. The van der Waals surface area contributed by atoms with Gasteiger partial charge in [-0.05, 0) is 39.8 Å². The predicted octanol–water partition coefficient (Wildman–Crippen LogP) is 2.10. The van der Waals surface area contributed by atoms with Crippen LogP contribution in [0.5, 0.6) is 0 Å². The molecule has 0 saturated heterocycles. The molecule has 0 unspecified atom stereocenters. The molecule has 1 heterocycles. The lowest BCUT2D eigenvalue weighted by molar-refractivity contribution is -0.154. The van der Waals surface area contributed by atoms with Crippen LogP contribution >= 0.6 is 0 Å². The van der Waals surface area contributed by atoms with Crippen molar-refractivity contribution in [2.75, 3.05) is 6.54 Å². The van der Waals surface area contributed by atoms with E-state index in [1.54, 1.807) is 6.92 Å². The highest BCUT2D eigenvalue weighted by molar-refractivity contribution is 5.84. The van der Waals surface area contributed by atoms with Gasteiger partial charge in [0, 0.05) is 17.8 Å². The van der Waals surface area contributed by atoms with Crippen LogP contribution in [0.1, 0.15) is 30.8 Å². The smallest absolute Gasteiger partial charge is 0.311 e. The number of ether oxygens (including phenoxy) is 1. The first-order valence-electron chi connectivity index (χ1n) is 8.01. The summed E-state index contributed by atoms with van der Waals surface area (Å²) < 4.78 is 7.02. The largest absolute Gasteiger partial charge is 0.452 e. The van der Waals surface area contributed by atoms with Gasteiger partial charge in [0.15, 0.2) is 6.10 Å². The number of nitrogens with one attached hydrogen (secondary N) is 1. The van der Waals surface area contributed by atoms with Crippen LogP contribution in [-0.2, 0) is 20.7 Å². The van der Waals surface area contributed by atoms with Crippen LogP contribution in [0, 0.1) is 13.8 Å². The van der Waals surface area contributed by atoms with Crippen LogP contribution in [0.15, 0.2) is 30.3 Å². The second kappa shape index (κ2) is 7.77. The maximum Gasteiger partial charge on any atom is 0.311 e. The fourth-order valence-electron chi connectivity index (χ4n) is 2.51. The minimum Gasteiger partial charge on any atom is -0.452 e. The summed E-state index contributed by atoms with van der Waals surface area (Å²) in [5.74, 6) is -0.730. The first-order chi connectivity index (χ1) is 11.4. The lowest BCUT2D eigenvalue weighted by atomic mass is 10.1. The van der Waals surface area contributed by atoms with Crippen molar-refractivity contribution in [3.8, 4) is 5.69 Å². The van der Waals surface area contributed by atoms with Gasteiger partial charge in [0.2, 0.25) is 0 Å². The SMILES string of the molecule is CCNC(=O)[C@H](C)OC(=O)Cc1c(C)nn(-c2ccccc2)c1C. The average Bonchev–Trinajstić information content (AvgIpc) is 2.84. The highest BCUT2D eigenvalue weighted by atomic mass is 16.5. The van der Waals surface area contributed by atoms with Crippen LogP contribution in [0.3, 0.4) is 0 Å². The summed E-state index contributed by atoms with van der Waals surface area (Å²) in [4.78, 5) is 23.8. The van der Waals surface area contributed by atoms with Gasteiger partial charge in [-0.2, -0.15) is 5.10 Å². The van der Waals surface area contributed by atoms with Gasteiger partial charge in [0.25, 0.3) is 5.91 Å². The Kier molecular flexibility index (Phi) is 5.73. The molecule has 1 N–H and O–H groups in total. The number of hydrogen-bond acceptors (Lipinski definition) is 4. The maximum atomic E-state index is 12.1. The van der Waals surface area contributed by atoms with Crippen LogP contribution in [0.25, 0.3) is 5.69 Å². The fourth-order valence-corrected chi connectivity index (χ4v) is 2.51. The number of aryl methyl sites for hydroxylation is 1. The molecule has 6 nitrogen and oxygen atoms in total. The molecule has 6 heteroatoms. The normalized spacial score (nSPS) is 11.8. The number of amides is 1. The molecule has 0 aliphatic carbocycles. The molecule has 0 spiro atoms. The van der Waals surface area contributed by atoms with Crippen molar-refractivity contribution in [2.45, 2.75) is 40.2 Å². The van der Waals surface area contributed by atoms with Gasteiger partial charge in [0.1, 0.15) is 0 Å². The third-order valence-electron chi connectivity index (χ3n) is 3.79.